The van der Waals surface area contributed by atoms with Crippen molar-refractivity contribution in [2.45, 2.75) is 31.4 Å². The van der Waals surface area contributed by atoms with Crippen LogP contribution in [0.4, 0.5) is 5.69 Å². The van der Waals surface area contributed by atoms with E-state index in [0.29, 0.717) is 30.2 Å². The molecule has 10 heteroatoms. The Morgan fingerprint density at radius 2 is 2.24 bits per heavy atom. The zero-order valence-corrected chi connectivity index (χ0v) is 14.5. The topological polar surface area (TPSA) is 119 Å². The minimum Gasteiger partial charge on any atom is -0.339 e. The molecule has 2 heterocycles. The molecule has 0 spiro atoms. The van der Waals surface area contributed by atoms with Gasteiger partial charge in [-0.2, -0.15) is 4.98 Å². The zero-order chi connectivity index (χ0) is 18.0. The number of sulfonamides is 1. The number of hydrogen-bond donors (Lipinski definition) is 0. The van der Waals surface area contributed by atoms with Gasteiger partial charge in [0.05, 0.1) is 16.6 Å². The lowest BCUT2D eigenvalue weighted by Gasteiger charge is -2.30. The van der Waals surface area contributed by atoms with Crippen molar-refractivity contribution in [3.8, 4) is 0 Å². The third-order valence-corrected chi connectivity index (χ3v) is 5.96. The van der Waals surface area contributed by atoms with Gasteiger partial charge in [0.1, 0.15) is 0 Å². The number of aryl methyl sites for hydroxylation is 1. The number of hydrogen-bond acceptors (Lipinski definition) is 7. The van der Waals surface area contributed by atoms with Crippen molar-refractivity contribution in [3.63, 3.8) is 0 Å². The molecule has 0 aliphatic carbocycles. The summed E-state index contributed by atoms with van der Waals surface area (Å²) in [5.41, 5.74) is 0.274. The maximum Gasteiger partial charge on any atom is 0.269 e. The fourth-order valence-electron chi connectivity index (χ4n) is 2.94. The molecule has 1 aliphatic rings. The summed E-state index contributed by atoms with van der Waals surface area (Å²) >= 11 is 0. The summed E-state index contributed by atoms with van der Waals surface area (Å²) in [6, 6.07) is 5.70. The number of nitro benzene ring substituents is 1. The maximum atomic E-state index is 12.7. The van der Waals surface area contributed by atoms with Crippen LogP contribution in [0.1, 0.15) is 36.0 Å². The van der Waals surface area contributed by atoms with Crippen molar-refractivity contribution in [3.05, 3.63) is 51.7 Å². The van der Waals surface area contributed by atoms with Gasteiger partial charge in [-0.25, -0.2) is 12.7 Å². The average Bonchev–Trinajstić information content (AvgIpc) is 3.01. The first-order valence-corrected chi connectivity index (χ1v) is 9.47. The minimum atomic E-state index is -3.59. The molecule has 9 nitrogen and oxygen atoms in total. The van der Waals surface area contributed by atoms with Gasteiger partial charge in [0.25, 0.3) is 5.69 Å². The molecule has 25 heavy (non-hydrogen) atoms. The second kappa shape index (κ2) is 6.89. The first-order valence-electron chi connectivity index (χ1n) is 7.86. The number of non-ortho nitro benzene ring substituents is 1. The molecule has 1 saturated heterocycles. The smallest absolute Gasteiger partial charge is 0.269 e. The Kier molecular flexibility index (Phi) is 4.82. The van der Waals surface area contributed by atoms with Crippen molar-refractivity contribution < 1.29 is 17.9 Å². The van der Waals surface area contributed by atoms with Crippen molar-refractivity contribution in [1.29, 1.82) is 0 Å². The molecule has 2 aromatic rings. The van der Waals surface area contributed by atoms with Crippen molar-refractivity contribution in [1.82, 2.24) is 14.4 Å². The third-order valence-electron chi connectivity index (χ3n) is 4.14. The number of piperidine rings is 1. The summed E-state index contributed by atoms with van der Waals surface area (Å²) in [7, 11) is -3.59. The van der Waals surface area contributed by atoms with Gasteiger partial charge in [0.2, 0.25) is 15.9 Å². The molecule has 0 bridgehead atoms. The molecule has 0 unspecified atom stereocenters. The van der Waals surface area contributed by atoms with E-state index in [1.165, 1.54) is 22.5 Å². The molecule has 0 amide bonds. The largest absolute Gasteiger partial charge is 0.339 e. The van der Waals surface area contributed by atoms with E-state index in [-0.39, 0.29) is 23.9 Å². The number of nitrogens with zero attached hydrogens (tertiary/aromatic N) is 4. The van der Waals surface area contributed by atoms with Gasteiger partial charge in [0, 0.05) is 25.2 Å². The first-order chi connectivity index (χ1) is 11.8. The SMILES string of the molecule is Cc1noc([C@H]2CCCN(S(=O)(=O)Cc3cccc([N+](=O)[O-])c3)C2)n1. The maximum absolute atomic E-state index is 12.7. The van der Waals surface area contributed by atoms with Crippen LogP contribution >= 0.6 is 0 Å². The van der Waals surface area contributed by atoms with Crippen LogP contribution in [0, 0.1) is 17.0 Å². The van der Waals surface area contributed by atoms with E-state index in [1.807, 2.05) is 0 Å². The summed E-state index contributed by atoms with van der Waals surface area (Å²) < 4.78 is 32.0. The third kappa shape index (κ3) is 4.02. The molecule has 1 aromatic carbocycles. The lowest BCUT2D eigenvalue weighted by atomic mass is 10.00. The number of benzene rings is 1. The van der Waals surface area contributed by atoms with Crippen LogP contribution in [0.3, 0.4) is 0 Å². The normalized spacial score (nSPS) is 19.0. The lowest BCUT2D eigenvalue weighted by molar-refractivity contribution is -0.384. The predicted molar refractivity (Wildman–Crippen MR) is 88.3 cm³/mol. The molecule has 0 N–H and O–H groups in total. The van der Waals surface area contributed by atoms with Crippen molar-refractivity contribution in [2.75, 3.05) is 13.1 Å². The second-order valence-electron chi connectivity index (χ2n) is 6.06. The standard InChI is InChI=1S/C15H18N4O5S/c1-11-16-15(24-17-11)13-5-3-7-18(9-13)25(22,23)10-12-4-2-6-14(8-12)19(20)21/h2,4,6,8,13H,3,5,7,9-10H2,1H3/t13-/m0/s1. The molecule has 1 fully saturated rings. The molecule has 0 radical (unpaired) electrons. The summed E-state index contributed by atoms with van der Waals surface area (Å²) in [5, 5.41) is 14.6. The van der Waals surface area contributed by atoms with Crippen LogP contribution in [0.5, 0.6) is 0 Å². The number of rotatable bonds is 5. The molecule has 1 aromatic heterocycles. The second-order valence-corrected chi connectivity index (χ2v) is 8.03. The van der Waals surface area contributed by atoms with E-state index in [1.54, 1.807) is 13.0 Å². The van der Waals surface area contributed by atoms with Crippen LogP contribution < -0.4 is 0 Å². The van der Waals surface area contributed by atoms with E-state index < -0.39 is 14.9 Å². The molecular weight excluding hydrogens is 348 g/mol. The van der Waals surface area contributed by atoms with Crippen LogP contribution in [0.15, 0.2) is 28.8 Å². The van der Waals surface area contributed by atoms with E-state index in [9.17, 15) is 18.5 Å². The van der Waals surface area contributed by atoms with Crippen LogP contribution in [-0.4, -0.2) is 40.9 Å². The van der Waals surface area contributed by atoms with Crippen molar-refractivity contribution >= 4 is 15.7 Å². The fraction of sp³-hybridized carbons (Fsp3) is 0.467. The Labute approximate surface area is 144 Å². The highest BCUT2D eigenvalue weighted by Gasteiger charge is 2.32. The highest BCUT2D eigenvalue weighted by molar-refractivity contribution is 7.88. The van der Waals surface area contributed by atoms with E-state index in [4.69, 9.17) is 4.52 Å². The molecule has 0 saturated carbocycles. The van der Waals surface area contributed by atoms with Gasteiger partial charge in [-0.05, 0) is 25.3 Å². The van der Waals surface area contributed by atoms with Crippen LogP contribution in [0.2, 0.25) is 0 Å². The van der Waals surface area contributed by atoms with Gasteiger partial charge in [-0.1, -0.05) is 17.3 Å². The number of nitro groups is 1. The Bertz CT molecular complexity index is 880. The Morgan fingerprint density at radius 3 is 2.92 bits per heavy atom. The van der Waals surface area contributed by atoms with E-state index >= 15 is 0 Å². The minimum absolute atomic E-state index is 0.120. The number of aromatic nitrogens is 2. The van der Waals surface area contributed by atoms with E-state index in [0.717, 1.165) is 6.42 Å². The van der Waals surface area contributed by atoms with Gasteiger partial charge in [-0.3, -0.25) is 10.1 Å². The fourth-order valence-corrected chi connectivity index (χ4v) is 4.54. The molecule has 134 valence electrons. The Hall–Kier alpha value is -2.33. The summed E-state index contributed by atoms with van der Waals surface area (Å²) in [6.45, 7) is 2.41. The summed E-state index contributed by atoms with van der Waals surface area (Å²) in [6.07, 6.45) is 1.48. The monoisotopic (exact) mass is 366 g/mol. The molecule has 1 atom stereocenters. The highest BCUT2D eigenvalue weighted by atomic mass is 32.2. The summed E-state index contributed by atoms with van der Waals surface area (Å²) in [5.74, 6) is 0.568. The molecule has 3 rings (SSSR count). The zero-order valence-electron chi connectivity index (χ0n) is 13.7. The Morgan fingerprint density at radius 1 is 1.44 bits per heavy atom. The van der Waals surface area contributed by atoms with Crippen LogP contribution in [-0.2, 0) is 15.8 Å². The Balaban J connectivity index is 1.75. The highest BCUT2D eigenvalue weighted by Crippen LogP contribution is 2.28. The molecular formula is C15H18N4O5S. The van der Waals surface area contributed by atoms with Gasteiger partial charge < -0.3 is 4.52 Å². The lowest BCUT2D eigenvalue weighted by Crippen LogP contribution is -2.39. The van der Waals surface area contributed by atoms with Gasteiger partial charge >= 0.3 is 0 Å². The first kappa shape index (κ1) is 17.5. The van der Waals surface area contributed by atoms with Crippen molar-refractivity contribution in [2.24, 2.45) is 0 Å². The predicted octanol–water partition coefficient (Wildman–Crippen LogP) is 2.00. The van der Waals surface area contributed by atoms with Gasteiger partial charge in [0.15, 0.2) is 5.82 Å². The molecule has 1 aliphatic heterocycles. The van der Waals surface area contributed by atoms with E-state index in [2.05, 4.69) is 10.1 Å². The average molecular weight is 366 g/mol. The van der Waals surface area contributed by atoms with Crippen LogP contribution in [0.25, 0.3) is 0 Å². The van der Waals surface area contributed by atoms with Gasteiger partial charge in [-0.15, -0.1) is 0 Å². The summed E-state index contributed by atoms with van der Waals surface area (Å²) in [4.78, 5) is 14.5. The quantitative estimate of drug-likeness (QED) is 0.586.